The fraction of sp³-hybridized carbons (Fsp3) is 0.267. The normalized spacial score (nSPS) is 10.1. The van der Waals surface area contributed by atoms with E-state index in [1.165, 1.54) is 0 Å². The first kappa shape index (κ1) is 13.0. The molecule has 4 heteroatoms. The van der Waals surface area contributed by atoms with Crippen LogP contribution in [-0.4, -0.2) is 17.1 Å². The molecule has 4 nitrogen and oxygen atoms in total. The van der Waals surface area contributed by atoms with E-state index in [2.05, 4.69) is 9.97 Å². The molecule has 0 atom stereocenters. The van der Waals surface area contributed by atoms with Crippen LogP contribution in [0.1, 0.15) is 22.5 Å². The van der Waals surface area contributed by atoms with Gasteiger partial charge in [-0.15, -0.1) is 0 Å². The summed E-state index contributed by atoms with van der Waals surface area (Å²) in [6.45, 7) is 6.05. The van der Waals surface area contributed by atoms with Crippen LogP contribution in [0.2, 0.25) is 0 Å². The van der Waals surface area contributed by atoms with Gasteiger partial charge in [-0.25, -0.2) is 9.97 Å². The van der Waals surface area contributed by atoms with Crippen molar-refractivity contribution in [2.24, 2.45) is 0 Å². The molecule has 2 rings (SSSR count). The van der Waals surface area contributed by atoms with Gasteiger partial charge in [0.25, 0.3) is 0 Å². The van der Waals surface area contributed by atoms with Gasteiger partial charge in [-0.3, -0.25) is 0 Å². The third-order valence-corrected chi connectivity index (χ3v) is 3.26. The summed E-state index contributed by atoms with van der Waals surface area (Å²) in [6, 6.07) is 5.81. The van der Waals surface area contributed by atoms with E-state index in [1.807, 2.05) is 39.0 Å². The van der Waals surface area contributed by atoms with E-state index in [-0.39, 0.29) is 5.82 Å². The lowest BCUT2D eigenvalue weighted by atomic mass is 9.96. The van der Waals surface area contributed by atoms with Crippen LogP contribution in [0.15, 0.2) is 18.3 Å². The summed E-state index contributed by atoms with van der Waals surface area (Å²) in [5.74, 6) is 1.08. The number of methoxy groups -OCH3 is 1. The van der Waals surface area contributed by atoms with E-state index < -0.39 is 0 Å². The largest absolute Gasteiger partial charge is 0.496 e. The highest BCUT2D eigenvalue weighted by atomic mass is 16.5. The van der Waals surface area contributed by atoms with E-state index in [4.69, 9.17) is 10.00 Å². The minimum atomic E-state index is 0.183. The monoisotopic (exact) mass is 253 g/mol. The second-order valence-corrected chi connectivity index (χ2v) is 4.40. The highest BCUT2D eigenvalue weighted by molar-refractivity contribution is 5.69. The third kappa shape index (κ3) is 2.27. The number of hydrogen-bond acceptors (Lipinski definition) is 4. The van der Waals surface area contributed by atoms with Gasteiger partial charge in [0.15, 0.2) is 0 Å². The highest BCUT2D eigenvalue weighted by Crippen LogP contribution is 2.33. The summed E-state index contributed by atoms with van der Waals surface area (Å²) in [4.78, 5) is 8.14. The summed E-state index contributed by atoms with van der Waals surface area (Å²) >= 11 is 0. The Bertz CT molecular complexity index is 672. The maximum Gasteiger partial charge on any atom is 0.232 e. The molecule has 0 fully saturated rings. The van der Waals surface area contributed by atoms with Crippen LogP contribution in [0.3, 0.4) is 0 Å². The van der Waals surface area contributed by atoms with Gasteiger partial charge in [0.2, 0.25) is 5.82 Å². The number of nitrogens with zero attached hydrogens (tertiary/aromatic N) is 3. The molecule has 2 aromatic rings. The number of rotatable bonds is 2. The van der Waals surface area contributed by atoms with E-state index in [0.29, 0.717) is 0 Å². The third-order valence-electron chi connectivity index (χ3n) is 3.26. The van der Waals surface area contributed by atoms with Crippen LogP contribution in [0.4, 0.5) is 0 Å². The minimum absolute atomic E-state index is 0.183. The zero-order chi connectivity index (χ0) is 14.0. The van der Waals surface area contributed by atoms with Crippen molar-refractivity contribution in [1.29, 1.82) is 5.26 Å². The van der Waals surface area contributed by atoms with E-state index >= 15 is 0 Å². The SMILES string of the molecule is COc1c(C)cc(-c2ccnc(C#N)n2)c(C)c1C. The first-order valence-corrected chi connectivity index (χ1v) is 5.96. The summed E-state index contributed by atoms with van der Waals surface area (Å²) in [7, 11) is 1.67. The van der Waals surface area contributed by atoms with Crippen molar-refractivity contribution in [2.45, 2.75) is 20.8 Å². The van der Waals surface area contributed by atoms with Gasteiger partial charge in [-0.1, -0.05) is 0 Å². The van der Waals surface area contributed by atoms with E-state index in [1.54, 1.807) is 13.3 Å². The van der Waals surface area contributed by atoms with Gasteiger partial charge in [-0.05, 0) is 49.6 Å². The second kappa shape index (κ2) is 5.07. The summed E-state index contributed by atoms with van der Waals surface area (Å²) < 4.78 is 5.41. The summed E-state index contributed by atoms with van der Waals surface area (Å²) in [5, 5.41) is 8.87. The van der Waals surface area contributed by atoms with Gasteiger partial charge >= 0.3 is 0 Å². The Hall–Kier alpha value is -2.41. The first-order valence-electron chi connectivity index (χ1n) is 5.96. The van der Waals surface area contributed by atoms with E-state index in [0.717, 1.165) is 33.7 Å². The molecule has 0 N–H and O–H groups in total. The lowest BCUT2D eigenvalue weighted by Gasteiger charge is -2.15. The molecule has 0 aliphatic carbocycles. The van der Waals surface area contributed by atoms with E-state index in [9.17, 15) is 0 Å². The summed E-state index contributed by atoms with van der Waals surface area (Å²) in [6.07, 6.45) is 1.61. The van der Waals surface area contributed by atoms with Crippen LogP contribution in [0.25, 0.3) is 11.3 Å². The van der Waals surface area contributed by atoms with Crippen LogP contribution in [-0.2, 0) is 0 Å². The van der Waals surface area contributed by atoms with Crippen LogP contribution >= 0.6 is 0 Å². The molecule has 96 valence electrons. The smallest absolute Gasteiger partial charge is 0.232 e. The molecule has 0 radical (unpaired) electrons. The first-order chi connectivity index (χ1) is 9.08. The number of aryl methyl sites for hydroxylation is 1. The molecule has 0 amide bonds. The Morgan fingerprint density at radius 2 is 1.95 bits per heavy atom. The van der Waals surface area contributed by atoms with Crippen LogP contribution in [0.5, 0.6) is 5.75 Å². The van der Waals surface area contributed by atoms with Crippen molar-refractivity contribution in [1.82, 2.24) is 9.97 Å². The maximum atomic E-state index is 8.87. The van der Waals surface area contributed by atoms with Crippen LogP contribution in [0, 0.1) is 32.1 Å². The molecule has 0 aliphatic rings. The van der Waals surface area contributed by atoms with Gasteiger partial charge in [0.1, 0.15) is 11.8 Å². The summed E-state index contributed by atoms with van der Waals surface area (Å²) in [5.41, 5.74) is 5.02. The molecule has 19 heavy (non-hydrogen) atoms. The molecule has 0 saturated carbocycles. The van der Waals surface area contributed by atoms with Crippen molar-refractivity contribution in [3.63, 3.8) is 0 Å². The predicted molar refractivity (Wildman–Crippen MR) is 72.9 cm³/mol. The molecule has 1 aromatic heterocycles. The molecular weight excluding hydrogens is 238 g/mol. The Morgan fingerprint density at radius 1 is 1.21 bits per heavy atom. The molecular formula is C15H15N3O. The number of ether oxygens (including phenoxy) is 1. The molecule has 0 aliphatic heterocycles. The molecule has 0 saturated heterocycles. The predicted octanol–water partition coefficient (Wildman–Crippen LogP) is 2.95. The molecule has 0 unspecified atom stereocenters. The number of hydrogen-bond donors (Lipinski definition) is 0. The van der Waals surface area contributed by atoms with Crippen LogP contribution < -0.4 is 4.74 Å². The van der Waals surface area contributed by atoms with Gasteiger partial charge in [0, 0.05) is 11.8 Å². The Labute approximate surface area is 112 Å². The number of aromatic nitrogens is 2. The van der Waals surface area contributed by atoms with Crippen molar-refractivity contribution in [3.05, 3.63) is 40.8 Å². The standard InChI is InChI=1S/C15H15N3O/c1-9-7-12(10(2)11(3)15(9)19-4)13-5-6-17-14(8-16)18-13/h5-7H,1-4H3. The highest BCUT2D eigenvalue weighted by Gasteiger charge is 2.13. The molecule has 1 heterocycles. The zero-order valence-electron chi connectivity index (χ0n) is 11.5. The van der Waals surface area contributed by atoms with Crippen molar-refractivity contribution in [3.8, 4) is 23.1 Å². The minimum Gasteiger partial charge on any atom is -0.496 e. The van der Waals surface area contributed by atoms with Gasteiger partial charge in [-0.2, -0.15) is 5.26 Å². The molecule has 0 bridgehead atoms. The Morgan fingerprint density at radius 3 is 2.58 bits per heavy atom. The lowest BCUT2D eigenvalue weighted by molar-refractivity contribution is 0.408. The van der Waals surface area contributed by atoms with Gasteiger partial charge < -0.3 is 4.74 Å². The number of nitriles is 1. The topological polar surface area (TPSA) is 58.8 Å². The second-order valence-electron chi connectivity index (χ2n) is 4.40. The van der Waals surface area contributed by atoms with Crippen molar-refractivity contribution >= 4 is 0 Å². The lowest BCUT2D eigenvalue weighted by Crippen LogP contribution is -1.98. The van der Waals surface area contributed by atoms with Crippen molar-refractivity contribution in [2.75, 3.05) is 7.11 Å². The molecule has 0 spiro atoms. The Kier molecular flexibility index (Phi) is 3.48. The quantitative estimate of drug-likeness (QED) is 0.825. The average molecular weight is 253 g/mol. The number of benzene rings is 1. The maximum absolute atomic E-state index is 8.87. The fourth-order valence-electron chi connectivity index (χ4n) is 2.20. The zero-order valence-corrected chi connectivity index (χ0v) is 11.5. The molecule has 1 aromatic carbocycles. The average Bonchev–Trinajstić information content (AvgIpc) is 2.43. The van der Waals surface area contributed by atoms with Gasteiger partial charge in [0.05, 0.1) is 12.8 Å². The Balaban J connectivity index is 2.66. The van der Waals surface area contributed by atoms with Crippen molar-refractivity contribution < 1.29 is 4.74 Å². The fourth-order valence-corrected chi connectivity index (χ4v) is 2.20.